The number of nitrogens with zero attached hydrogens (tertiary/aromatic N) is 5. The molecule has 0 aromatic carbocycles. The molecule has 1 aliphatic heterocycles. The third-order valence-electron chi connectivity index (χ3n) is 5.42. The van der Waals surface area contributed by atoms with Crippen molar-refractivity contribution in [2.24, 2.45) is 0 Å². The summed E-state index contributed by atoms with van der Waals surface area (Å²) in [6.45, 7) is 3.12. The number of rotatable bonds is 5. The summed E-state index contributed by atoms with van der Waals surface area (Å²) in [6, 6.07) is 11.5. The minimum Gasteiger partial charge on any atom is -0.461 e. The number of hydrogen-bond donors (Lipinski definition) is 3. The Morgan fingerprint density at radius 3 is 2.93 bits per heavy atom. The quantitative estimate of drug-likeness (QED) is 0.475. The van der Waals surface area contributed by atoms with Crippen LogP contribution in [0.2, 0.25) is 0 Å². The second-order valence-corrected chi connectivity index (χ2v) is 7.38. The Bertz CT molecular complexity index is 1120. The summed E-state index contributed by atoms with van der Waals surface area (Å²) in [6.07, 6.45) is 5.56. The van der Waals surface area contributed by atoms with E-state index in [0.29, 0.717) is 29.0 Å². The van der Waals surface area contributed by atoms with Gasteiger partial charge in [0.1, 0.15) is 11.6 Å². The largest absolute Gasteiger partial charge is 0.461 e. The average molecular weight is 390 g/mol. The molecular weight excluding hydrogens is 368 g/mol. The van der Waals surface area contributed by atoms with Crippen LogP contribution in [0.5, 0.6) is 0 Å². The van der Waals surface area contributed by atoms with Crippen molar-refractivity contribution in [3.63, 3.8) is 0 Å². The van der Waals surface area contributed by atoms with Crippen molar-refractivity contribution >= 4 is 17.4 Å². The van der Waals surface area contributed by atoms with Crippen LogP contribution in [-0.2, 0) is 5.54 Å². The van der Waals surface area contributed by atoms with Gasteiger partial charge in [-0.15, -0.1) is 5.10 Å². The smallest absolute Gasteiger partial charge is 0.256 e. The Labute approximate surface area is 167 Å². The fourth-order valence-electron chi connectivity index (χ4n) is 3.91. The lowest BCUT2D eigenvalue weighted by atomic mass is 9.87. The van der Waals surface area contributed by atoms with Gasteiger partial charge >= 0.3 is 0 Å². The first-order valence-corrected chi connectivity index (χ1v) is 9.64. The summed E-state index contributed by atoms with van der Waals surface area (Å²) in [5.41, 5.74) is 6.74. The summed E-state index contributed by atoms with van der Waals surface area (Å²) < 4.78 is 6.89. The number of anilines is 2. The van der Waals surface area contributed by atoms with E-state index in [0.717, 1.165) is 25.1 Å². The summed E-state index contributed by atoms with van der Waals surface area (Å²) in [5.74, 6) is 2.47. The molecule has 0 spiro atoms. The highest BCUT2D eigenvalue weighted by molar-refractivity contribution is 5.57. The number of pyridine rings is 1. The van der Waals surface area contributed by atoms with Gasteiger partial charge in [-0.1, -0.05) is 6.07 Å². The van der Waals surface area contributed by atoms with E-state index in [4.69, 9.17) is 10.2 Å². The summed E-state index contributed by atoms with van der Waals surface area (Å²) >= 11 is 0. The molecule has 0 saturated carbocycles. The fraction of sp³-hybridized carbons (Fsp3) is 0.300. The molecule has 29 heavy (non-hydrogen) atoms. The van der Waals surface area contributed by atoms with Crippen LogP contribution in [0, 0.1) is 0 Å². The van der Waals surface area contributed by atoms with E-state index < -0.39 is 5.54 Å². The Morgan fingerprint density at radius 2 is 2.21 bits per heavy atom. The molecular formula is C20H22N8O. The molecule has 2 unspecified atom stereocenters. The molecule has 1 saturated heterocycles. The lowest BCUT2D eigenvalue weighted by Crippen LogP contribution is -2.49. The molecule has 1 fully saturated rings. The lowest BCUT2D eigenvalue weighted by molar-refractivity contribution is 0.379. The Morgan fingerprint density at radius 1 is 1.28 bits per heavy atom. The highest BCUT2D eigenvalue weighted by Gasteiger charge is 2.39. The van der Waals surface area contributed by atoms with Gasteiger partial charge in [0.2, 0.25) is 5.82 Å². The molecule has 4 N–H and O–H groups in total. The first-order valence-electron chi connectivity index (χ1n) is 9.64. The van der Waals surface area contributed by atoms with Gasteiger partial charge in [-0.05, 0) is 50.6 Å². The van der Waals surface area contributed by atoms with Crippen LogP contribution in [0.3, 0.4) is 0 Å². The maximum Gasteiger partial charge on any atom is 0.256 e. The minimum atomic E-state index is -0.459. The van der Waals surface area contributed by atoms with Gasteiger partial charge in [-0.25, -0.2) is 0 Å². The summed E-state index contributed by atoms with van der Waals surface area (Å²) in [4.78, 5) is 13.7. The minimum absolute atomic E-state index is 0.216. The average Bonchev–Trinajstić information content (AvgIpc) is 3.49. The van der Waals surface area contributed by atoms with E-state index in [1.54, 1.807) is 24.5 Å². The number of nitrogens with two attached hydrogens (primary N) is 1. The highest BCUT2D eigenvalue weighted by atomic mass is 16.3. The van der Waals surface area contributed by atoms with E-state index in [9.17, 15) is 0 Å². The topological polar surface area (TPSA) is 119 Å². The number of hydrogen-bond acceptors (Lipinski definition) is 8. The van der Waals surface area contributed by atoms with E-state index in [1.165, 1.54) is 4.52 Å². The van der Waals surface area contributed by atoms with E-state index in [2.05, 4.69) is 37.6 Å². The van der Waals surface area contributed by atoms with Crippen LogP contribution in [0.15, 0.2) is 53.3 Å². The predicted molar refractivity (Wildman–Crippen MR) is 109 cm³/mol. The van der Waals surface area contributed by atoms with Crippen LogP contribution in [0.1, 0.15) is 25.5 Å². The van der Waals surface area contributed by atoms with Crippen molar-refractivity contribution in [3.05, 3.63) is 54.6 Å². The zero-order valence-electron chi connectivity index (χ0n) is 16.0. The number of furan rings is 1. The van der Waals surface area contributed by atoms with Crippen molar-refractivity contribution in [2.45, 2.75) is 31.3 Å². The second kappa shape index (κ2) is 6.85. The molecule has 0 aliphatic carbocycles. The van der Waals surface area contributed by atoms with Gasteiger partial charge in [0.15, 0.2) is 5.76 Å². The summed E-state index contributed by atoms with van der Waals surface area (Å²) in [5, 5.41) is 11.6. The molecule has 1 aliphatic rings. The normalized spacial score (nSPS) is 18.7. The molecule has 5 heterocycles. The molecule has 0 bridgehead atoms. The molecule has 9 heteroatoms. The number of nitrogen functional groups attached to an aromatic ring is 1. The molecule has 9 nitrogen and oxygen atoms in total. The van der Waals surface area contributed by atoms with Crippen LogP contribution < -0.4 is 16.4 Å². The first kappa shape index (κ1) is 17.6. The van der Waals surface area contributed by atoms with Crippen molar-refractivity contribution in [1.29, 1.82) is 0 Å². The molecule has 0 amide bonds. The second-order valence-electron chi connectivity index (χ2n) is 7.38. The summed E-state index contributed by atoms with van der Waals surface area (Å²) in [7, 11) is 0. The van der Waals surface area contributed by atoms with Crippen molar-refractivity contribution in [2.75, 3.05) is 17.6 Å². The third-order valence-corrected chi connectivity index (χ3v) is 5.42. The van der Waals surface area contributed by atoms with E-state index in [1.807, 2.05) is 24.4 Å². The van der Waals surface area contributed by atoms with Gasteiger partial charge in [-0.3, -0.25) is 4.98 Å². The number of nitrogens with one attached hydrogen (secondary N) is 2. The van der Waals surface area contributed by atoms with Crippen molar-refractivity contribution in [1.82, 2.24) is 29.9 Å². The van der Waals surface area contributed by atoms with E-state index in [-0.39, 0.29) is 6.04 Å². The van der Waals surface area contributed by atoms with Gasteiger partial charge in [0, 0.05) is 18.3 Å². The van der Waals surface area contributed by atoms with Crippen LogP contribution >= 0.6 is 0 Å². The Balaban J connectivity index is 1.55. The molecule has 2 atom stereocenters. The Hall–Kier alpha value is -3.46. The highest BCUT2D eigenvalue weighted by Crippen LogP contribution is 2.32. The van der Waals surface area contributed by atoms with Crippen molar-refractivity contribution in [3.8, 4) is 11.6 Å². The maximum atomic E-state index is 6.25. The van der Waals surface area contributed by atoms with Crippen LogP contribution in [0.4, 0.5) is 11.6 Å². The van der Waals surface area contributed by atoms with Gasteiger partial charge in [0.25, 0.3) is 5.78 Å². The Kier molecular flexibility index (Phi) is 4.17. The molecule has 5 rings (SSSR count). The van der Waals surface area contributed by atoms with Gasteiger partial charge in [0.05, 0.1) is 17.5 Å². The SMILES string of the molecule is CC(Nc1cc(N)n2nc(-c3ccco3)nc2n1)(c1ccccn1)C1CCCN1. The predicted octanol–water partition coefficient (Wildman–Crippen LogP) is 2.44. The molecule has 148 valence electrons. The monoisotopic (exact) mass is 390 g/mol. The maximum absolute atomic E-state index is 6.25. The van der Waals surface area contributed by atoms with Crippen LogP contribution in [-0.4, -0.2) is 37.2 Å². The molecule has 4 aromatic heterocycles. The lowest BCUT2D eigenvalue weighted by Gasteiger charge is -2.36. The van der Waals surface area contributed by atoms with Crippen molar-refractivity contribution < 1.29 is 4.42 Å². The third kappa shape index (κ3) is 3.09. The fourth-order valence-corrected chi connectivity index (χ4v) is 3.91. The zero-order valence-corrected chi connectivity index (χ0v) is 16.0. The van der Waals surface area contributed by atoms with Crippen LogP contribution in [0.25, 0.3) is 17.4 Å². The van der Waals surface area contributed by atoms with Gasteiger partial charge in [-0.2, -0.15) is 14.5 Å². The van der Waals surface area contributed by atoms with Gasteiger partial charge < -0.3 is 20.8 Å². The van der Waals surface area contributed by atoms with E-state index >= 15 is 0 Å². The molecule has 0 radical (unpaired) electrons. The first-order chi connectivity index (χ1) is 14.1. The molecule has 4 aromatic rings. The zero-order chi connectivity index (χ0) is 19.8. The number of fused-ring (bicyclic) bond motifs is 1. The standard InChI is InChI=1S/C20H22N8O/c1-20(15-8-4-10-23-15,14-7-2-3-9-22-14)26-17-12-16(21)28-19(24-17)25-18(27-28)13-6-5-11-29-13/h2-3,5-7,9,11-12,15,23H,4,8,10,21H2,1H3,(H,24,25,26,27). The number of aromatic nitrogens is 5.